The Morgan fingerprint density at radius 1 is 1.61 bits per heavy atom. The third kappa shape index (κ3) is 3.41. The molecule has 2 amide bonds. The molecule has 1 aliphatic rings. The number of carbonyl (C=O) groups excluding carboxylic acids is 2. The van der Waals surface area contributed by atoms with Crippen LogP contribution in [0.3, 0.4) is 0 Å². The smallest absolute Gasteiger partial charge is 0.238 e. The lowest BCUT2D eigenvalue weighted by Gasteiger charge is -2.25. The fourth-order valence-electron chi connectivity index (χ4n) is 1.70. The number of rotatable bonds is 3. The van der Waals surface area contributed by atoms with Crippen molar-refractivity contribution < 1.29 is 9.59 Å². The lowest BCUT2D eigenvalue weighted by molar-refractivity contribution is -0.125. The molecule has 0 unspecified atom stereocenters. The molecule has 0 saturated carbocycles. The Balaban J connectivity index is 1.89. The number of pyridine rings is 1. The van der Waals surface area contributed by atoms with Crippen LogP contribution in [0, 0.1) is 0 Å². The van der Waals surface area contributed by atoms with Crippen molar-refractivity contribution in [2.75, 3.05) is 31.5 Å². The van der Waals surface area contributed by atoms with E-state index in [1.807, 2.05) is 0 Å². The summed E-state index contributed by atoms with van der Waals surface area (Å²) in [6.45, 7) is 1.65. The molecule has 0 bridgehead atoms. The Morgan fingerprint density at radius 2 is 2.44 bits per heavy atom. The molecule has 1 fully saturated rings. The molecular formula is C11H13ClN4O2. The second-order valence-electron chi connectivity index (χ2n) is 3.95. The summed E-state index contributed by atoms with van der Waals surface area (Å²) in [5, 5.41) is 5.62. The Bertz CT molecular complexity index is 466. The molecule has 0 atom stereocenters. The molecule has 2 heterocycles. The topological polar surface area (TPSA) is 74.3 Å². The molecule has 6 nitrogen and oxygen atoms in total. The molecule has 0 spiro atoms. The van der Waals surface area contributed by atoms with Gasteiger partial charge in [-0.05, 0) is 12.1 Å². The van der Waals surface area contributed by atoms with Gasteiger partial charge < -0.3 is 10.6 Å². The van der Waals surface area contributed by atoms with Gasteiger partial charge in [-0.25, -0.2) is 4.98 Å². The van der Waals surface area contributed by atoms with Crippen LogP contribution in [-0.4, -0.2) is 47.9 Å². The van der Waals surface area contributed by atoms with Crippen LogP contribution in [0.15, 0.2) is 18.3 Å². The molecule has 2 rings (SSSR count). The number of halogens is 1. The standard InChI is InChI=1S/C11H13ClN4O2/c12-11-8(2-1-3-14-11)15-10(18)7-16-5-4-13-9(17)6-16/h1-3H,4-7H2,(H,13,17)(H,15,18). The average molecular weight is 269 g/mol. The number of nitrogens with one attached hydrogen (secondary N) is 2. The molecule has 0 aliphatic carbocycles. The van der Waals surface area contributed by atoms with Crippen molar-refractivity contribution in [3.63, 3.8) is 0 Å². The molecule has 18 heavy (non-hydrogen) atoms. The second-order valence-corrected chi connectivity index (χ2v) is 4.31. The summed E-state index contributed by atoms with van der Waals surface area (Å²) in [7, 11) is 0. The summed E-state index contributed by atoms with van der Waals surface area (Å²) in [6, 6.07) is 3.37. The maximum absolute atomic E-state index is 11.8. The first-order valence-electron chi connectivity index (χ1n) is 5.54. The number of hydrogen-bond acceptors (Lipinski definition) is 4. The van der Waals surface area contributed by atoms with Crippen molar-refractivity contribution in [1.29, 1.82) is 0 Å². The fourth-order valence-corrected chi connectivity index (χ4v) is 1.87. The van der Waals surface area contributed by atoms with Crippen LogP contribution in [-0.2, 0) is 9.59 Å². The number of hydrogen-bond donors (Lipinski definition) is 2. The molecule has 0 radical (unpaired) electrons. The van der Waals surface area contributed by atoms with E-state index in [2.05, 4.69) is 15.6 Å². The van der Waals surface area contributed by atoms with Gasteiger partial charge in [0.2, 0.25) is 11.8 Å². The Morgan fingerprint density at radius 3 is 3.17 bits per heavy atom. The summed E-state index contributed by atoms with van der Waals surface area (Å²) in [5.41, 5.74) is 0.477. The number of anilines is 1. The average Bonchev–Trinajstić information content (AvgIpc) is 2.32. The zero-order valence-corrected chi connectivity index (χ0v) is 10.4. The number of carbonyl (C=O) groups is 2. The molecular weight excluding hydrogens is 256 g/mol. The highest BCUT2D eigenvalue weighted by molar-refractivity contribution is 6.32. The van der Waals surface area contributed by atoms with E-state index < -0.39 is 0 Å². The molecule has 1 aromatic heterocycles. The van der Waals surface area contributed by atoms with E-state index in [4.69, 9.17) is 11.6 Å². The molecule has 1 aromatic rings. The summed E-state index contributed by atoms with van der Waals surface area (Å²) >= 11 is 5.83. The van der Waals surface area contributed by atoms with Gasteiger partial charge >= 0.3 is 0 Å². The lowest BCUT2D eigenvalue weighted by Crippen LogP contribution is -2.49. The van der Waals surface area contributed by atoms with Crippen LogP contribution in [0.2, 0.25) is 5.15 Å². The number of amides is 2. The highest BCUT2D eigenvalue weighted by Gasteiger charge is 2.18. The van der Waals surface area contributed by atoms with Crippen LogP contribution in [0.25, 0.3) is 0 Å². The van der Waals surface area contributed by atoms with E-state index in [9.17, 15) is 9.59 Å². The summed E-state index contributed by atoms with van der Waals surface area (Å²) in [6.07, 6.45) is 1.55. The van der Waals surface area contributed by atoms with Crippen molar-refractivity contribution in [2.24, 2.45) is 0 Å². The van der Waals surface area contributed by atoms with Gasteiger partial charge in [0.15, 0.2) is 5.15 Å². The minimum absolute atomic E-state index is 0.0616. The van der Waals surface area contributed by atoms with Crippen LogP contribution in [0.4, 0.5) is 5.69 Å². The van der Waals surface area contributed by atoms with Crippen molar-refractivity contribution in [3.05, 3.63) is 23.5 Å². The zero-order valence-electron chi connectivity index (χ0n) is 9.65. The van der Waals surface area contributed by atoms with Gasteiger partial charge in [0.05, 0.1) is 18.8 Å². The summed E-state index contributed by atoms with van der Waals surface area (Å²) in [5.74, 6) is -0.270. The highest BCUT2D eigenvalue weighted by atomic mass is 35.5. The van der Waals surface area contributed by atoms with Crippen LogP contribution >= 0.6 is 11.6 Å². The highest BCUT2D eigenvalue weighted by Crippen LogP contribution is 2.17. The van der Waals surface area contributed by atoms with E-state index in [0.29, 0.717) is 18.8 Å². The number of piperazine rings is 1. The first-order chi connectivity index (χ1) is 8.65. The molecule has 0 aromatic carbocycles. The number of nitrogens with zero attached hydrogens (tertiary/aromatic N) is 2. The zero-order chi connectivity index (χ0) is 13.0. The third-order valence-corrected chi connectivity index (χ3v) is 2.82. The Labute approximate surface area is 109 Å². The molecule has 1 saturated heterocycles. The van der Waals surface area contributed by atoms with Gasteiger partial charge in [-0.3, -0.25) is 14.5 Å². The van der Waals surface area contributed by atoms with E-state index in [1.165, 1.54) is 0 Å². The van der Waals surface area contributed by atoms with Crippen molar-refractivity contribution in [2.45, 2.75) is 0 Å². The first kappa shape index (κ1) is 12.8. The van der Waals surface area contributed by atoms with E-state index >= 15 is 0 Å². The largest absolute Gasteiger partial charge is 0.354 e. The Hall–Kier alpha value is -1.66. The molecule has 7 heteroatoms. The predicted molar refractivity (Wildman–Crippen MR) is 67.3 cm³/mol. The fraction of sp³-hybridized carbons (Fsp3) is 0.364. The number of aromatic nitrogens is 1. The van der Waals surface area contributed by atoms with Gasteiger partial charge in [-0.15, -0.1) is 0 Å². The van der Waals surface area contributed by atoms with E-state index in [0.717, 1.165) is 0 Å². The van der Waals surface area contributed by atoms with Gasteiger partial charge in [-0.1, -0.05) is 11.6 Å². The van der Waals surface area contributed by atoms with Gasteiger partial charge in [0.1, 0.15) is 0 Å². The Kier molecular flexibility index (Phi) is 4.11. The normalized spacial score (nSPS) is 16.2. The minimum atomic E-state index is -0.209. The maximum atomic E-state index is 11.8. The van der Waals surface area contributed by atoms with Crippen molar-refractivity contribution >= 4 is 29.1 Å². The van der Waals surface area contributed by atoms with Crippen LogP contribution in [0.1, 0.15) is 0 Å². The quantitative estimate of drug-likeness (QED) is 0.763. The predicted octanol–water partition coefficient (Wildman–Crippen LogP) is 0.105. The SMILES string of the molecule is O=C1CN(CC(=O)Nc2cccnc2Cl)CCN1. The monoisotopic (exact) mass is 268 g/mol. The molecule has 2 N–H and O–H groups in total. The minimum Gasteiger partial charge on any atom is -0.354 e. The summed E-state index contributed by atoms with van der Waals surface area (Å²) < 4.78 is 0. The van der Waals surface area contributed by atoms with Gasteiger partial charge in [-0.2, -0.15) is 0 Å². The van der Waals surface area contributed by atoms with Crippen molar-refractivity contribution in [1.82, 2.24) is 15.2 Å². The molecule has 96 valence electrons. The van der Waals surface area contributed by atoms with E-state index in [1.54, 1.807) is 23.2 Å². The second kappa shape index (κ2) is 5.79. The third-order valence-electron chi connectivity index (χ3n) is 2.52. The lowest BCUT2D eigenvalue weighted by atomic mass is 10.3. The van der Waals surface area contributed by atoms with Gasteiger partial charge in [0.25, 0.3) is 0 Å². The van der Waals surface area contributed by atoms with Crippen LogP contribution in [0.5, 0.6) is 0 Å². The maximum Gasteiger partial charge on any atom is 0.238 e. The first-order valence-corrected chi connectivity index (χ1v) is 5.92. The van der Waals surface area contributed by atoms with Crippen LogP contribution < -0.4 is 10.6 Å². The summed E-state index contributed by atoms with van der Waals surface area (Å²) in [4.78, 5) is 28.6. The van der Waals surface area contributed by atoms with Gasteiger partial charge in [0, 0.05) is 19.3 Å². The molecule has 1 aliphatic heterocycles. The van der Waals surface area contributed by atoms with Crippen molar-refractivity contribution in [3.8, 4) is 0 Å². The van der Waals surface area contributed by atoms with E-state index in [-0.39, 0.29) is 30.1 Å².